The minimum atomic E-state index is -0.649. The van der Waals surface area contributed by atoms with Crippen LogP contribution >= 0.6 is 0 Å². The zero-order valence-corrected chi connectivity index (χ0v) is 13.2. The minimum absolute atomic E-state index is 0.00833. The summed E-state index contributed by atoms with van der Waals surface area (Å²) in [4.78, 5) is 34.0. The van der Waals surface area contributed by atoms with Crippen molar-refractivity contribution in [1.29, 1.82) is 0 Å². The molecule has 1 atom stereocenters. The molecule has 0 aliphatic heterocycles. The summed E-state index contributed by atoms with van der Waals surface area (Å²) >= 11 is 0. The Morgan fingerprint density at radius 3 is 2.30 bits per heavy atom. The molecule has 0 unspecified atom stereocenters. The highest BCUT2D eigenvalue weighted by atomic mass is 16.5. The highest BCUT2D eigenvalue weighted by molar-refractivity contribution is 5.95. The molecule has 0 aromatic heterocycles. The van der Waals surface area contributed by atoms with Gasteiger partial charge in [-0.25, -0.2) is 0 Å². The van der Waals surface area contributed by atoms with Crippen molar-refractivity contribution in [2.24, 2.45) is 17.4 Å². The normalized spacial score (nSPS) is 11.7. The largest absolute Gasteiger partial charge is 0.484 e. The maximum Gasteiger partial charge on any atom is 0.255 e. The van der Waals surface area contributed by atoms with Crippen LogP contribution < -0.4 is 26.8 Å². The SMILES string of the molecule is CC(C)[C@H](N)C(=O)NCC(=O)Nc1ccc(OCC(N)=O)cc1. The summed E-state index contributed by atoms with van der Waals surface area (Å²) in [5.74, 6) is -0.868. The maximum atomic E-state index is 11.8. The lowest BCUT2D eigenvalue weighted by molar-refractivity contribution is -0.125. The van der Waals surface area contributed by atoms with Crippen molar-refractivity contribution in [3.8, 4) is 5.75 Å². The van der Waals surface area contributed by atoms with Gasteiger partial charge >= 0.3 is 0 Å². The Morgan fingerprint density at radius 2 is 1.78 bits per heavy atom. The summed E-state index contributed by atoms with van der Waals surface area (Å²) in [6.07, 6.45) is 0. The van der Waals surface area contributed by atoms with E-state index in [4.69, 9.17) is 16.2 Å². The van der Waals surface area contributed by atoms with E-state index in [-0.39, 0.29) is 30.9 Å². The summed E-state index contributed by atoms with van der Waals surface area (Å²) < 4.78 is 5.10. The van der Waals surface area contributed by atoms with E-state index >= 15 is 0 Å². The molecule has 0 aliphatic carbocycles. The molecule has 1 rings (SSSR count). The Hall–Kier alpha value is -2.61. The molecule has 6 N–H and O–H groups in total. The first-order chi connectivity index (χ1) is 10.8. The number of carbonyl (C=O) groups excluding carboxylic acids is 3. The number of benzene rings is 1. The molecular formula is C15H22N4O4. The quantitative estimate of drug-likeness (QED) is 0.515. The Balaban J connectivity index is 2.42. The van der Waals surface area contributed by atoms with E-state index in [1.165, 1.54) is 0 Å². The fourth-order valence-electron chi connectivity index (χ4n) is 1.58. The number of hydrogen-bond donors (Lipinski definition) is 4. The van der Waals surface area contributed by atoms with Crippen LogP contribution in [0.1, 0.15) is 13.8 Å². The number of anilines is 1. The Labute approximate surface area is 134 Å². The molecule has 1 aromatic rings. The first-order valence-corrected chi connectivity index (χ1v) is 7.14. The predicted octanol–water partition coefficient (Wildman–Crippen LogP) is -0.411. The van der Waals surface area contributed by atoms with Crippen molar-refractivity contribution in [2.75, 3.05) is 18.5 Å². The summed E-state index contributed by atoms with van der Waals surface area (Å²) in [7, 11) is 0. The number of hydrogen-bond acceptors (Lipinski definition) is 5. The standard InChI is InChI=1S/C15H22N4O4/c1-9(2)14(17)15(22)18-7-13(21)19-10-3-5-11(6-4-10)23-8-12(16)20/h3-6,9,14H,7-8,17H2,1-2H3,(H2,16,20)(H,18,22)(H,19,21)/t14-/m0/s1. The second-order valence-electron chi connectivity index (χ2n) is 5.32. The maximum absolute atomic E-state index is 11.8. The average molecular weight is 322 g/mol. The summed E-state index contributed by atoms with van der Waals surface area (Å²) in [5.41, 5.74) is 11.2. The molecule has 0 heterocycles. The van der Waals surface area contributed by atoms with E-state index in [1.54, 1.807) is 24.3 Å². The average Bonchev–Trinajstić information content (AvgIpc) is 2.51. The first kappa shape index (κ1) is 18.4. The van der Waals surface area contributed by atoms with Crippen molar-refractivity contribution in [3.05, 3.63) is 24.3 Å². The van der Waals surface area contributed by atoms with Gasteiger partial charge in [0.25, 0.3) is 5.91 Å². The highest BCUT2D eigenvalue weighted by Gasteiger charge is 2.17. The number of rotatable bonds is 8. The van der Waals surface area contributed by atoms with Crippen LogP contribution in [-0.4, -0.2) is 36.9 Å². The van der Waals surface area contributed by atoms with Crippen molar-refractivity contribution < 1.29 is 19.1 Å². The Morgan fingerprint density at radius 1 is 1.17 bits per heavy atom. The molecule has 0 radical (unpaired) electrons. The summed E-state index contributed by atoms with van der Waals surface area (Å²) in [6.45, 7) is 3.27. The molecular weight excluding hydrogens is 300 g/mol. The summed E-state index contributed by atoms with van der Waals surface area (Å²) in [6, 6.07) is 5.74. The van der Waals surface area contributed by atoms with Crippen LogP contribution in [-0.2, 0) is 14.4 Å². The van der Waals surface area contributed by atoms with Crippen molar-refractivity contribution >= 4 is 23.4 Å². The van der Waals surface area contributed by atoms with Crippen molar-refractivity contribution in [2.45, 2.75) is 19.9 Å². The van der Waals surface area contributed by atoms with E-state index in [1.807, 2.05) is 13.8 Å². The highest BCUT2D eigenvalue weighted by Crippen LogP contribution is 2.15. The molecule has 0 saturated carbocycles. The number of nitrogens with two attached hydrogens (primary N) is 2. The van der Waals surface area contributed by atoms with Gasteiger partial charge in [0, 0.05) is 5.69 Å². The third-order valence-electron chi connectivity index (χ3n) is 2.96. The number of amides is 3. The van der Waals surface area contributed by atoms with Crippen LogP contribution in [0.5, 0.6) is 5.75 Å². The zero-order valence-electron chi connectivity index (χ0n) is 13.2. The minimum Gasteiger partial charge on any atom is -0.484 e. The molecule has 8 nitrogen and oxygen atoms in total. The van der Waals surface area contributed by atoms with Crippen LogP contribution in [0, 0.1) is 5.92 Å². The Bertz CT molecular complexity index is 557. The second kappa shape index (κ2) is 8.74. The molecule has 8 heteroatoms. The van der Waals surface area contributed by atoms with Crippen LogP contribution in [0.3, 0.4) is 0 Å². The molecule has 126 valence electrons. The first-order valence-electron chi connectivity index (χ1n) is 7.14. The zero-order chi connectivity index (χ0) is 17.4. The molecule has 0 bridgehead atoms. The number of nitrogens with one attached hydrogen (secondary N) is 2. The monoisotopic (exact) mass is 322 g/mol. The van der Waals surface area contributed by atoms with Gasteiger partial charge in [0.05, 0.1) is 12.6 Å². The van der Waals surface area contributed by atoms with E-state index in [0.717, 1.165) is 0 Å². The third kappa shape index (κ3) is 6.79. The molecule has 1 aromatic carbocycles. The van der Waals surface area contributed by atoms with Crippen molar-refractivity contribution in [3.63, 3.8) is 0 Å². The smallest absolute Gasteiger partial charge is 0.255 e. The van der Waals surface area contributed by atoms with Gasteiger partial charge in [0.2, 0.25) is 11.8 Å². The van der Waals surface area contributed by atoms with Crippen molar-refractivity contribution in [1.82, 2.24) is 5.32 Å². The van der Waals surface area contributed by atoms with Crippen LogP contribution in [0.15, 0.2) is 24.3 Å². The fraction of sp³-hybridized carbons (Fsp3) is 0.400. The van der Waals surface area contributed by atoms with Crippen LogP contribution in [0.4, 0.5) is 5.69 Å². The predicted molar refractivity (Wildman–Crippen MR) is 85.6 cm³/mol. The van der Waals surface area contributed by atoms with Gasteiger partial charge in [-0.3, -0.25) is 14.4 Å². The van der Waals surface area contributed by atoms with Gasteiger partial charge in [-0.05, 0) is 30.2 Å². The van der Waals surface area contributed by atoms with Gasteiger partial charge in [-0.2, -0.15) is 0 Å². The number of carbonyl (C=O) groups is 3. The lowest BCUT2D eigenvalue weighted by atomic mass is 10.1. The molecule has 0 saturated heterocycles. The van der Waals surface area contributed by atoms with Gasteiger partial charge in [0.15, 0.2) is 6.61 Å². The fourth-order valence-corrected chi connectivity index (χ4v) is 1.58. The molecule has 0 fully saturated rings. The summed E-state index contributed by atoms with van der Waals surface area (Å²) in [5, 5.41) is 5.09. The number of primary amides is 1. The van der Waals surface area contributed by atoms with E-state index in [0.29, 0.717) is 11.4 Å². The third-order valence-corrected chi connectivity index (χ3v) is 2.96. The van der Waals surface area contributed by atoms with Gasteiger partial charge in [-0.1, -0.05) is 13.8 Å². The second-order valence-corrected chi connectivity index (χ2v) is 5.32. The Kier molecular flexibility index (Phi) is 7.01. The number of ether oxygens (including phenoxy) is 1. The lowest BCUT2D eigenvalue weighted by Crippen LogP contribution is -2.46. The van der Waals surface area contributed by atoms with Crippen LogP contribution in [0.2, 0.25) is 0 Å². The van der Waals surface area contributed by atoms with E-state index < -0.39 is 11.9 Å². The van der Waals surface area contributed by atoms with E-state index in [2.05, 4.69) is 10.6 Å². The lowest BCUT2D eigenvalue weighted by Gasteiger charge is -2.15. The van der Waals surface area contributed by atoms with Gasteiger partial charge in [-0.15, -0.1) is 0 Å². The molecule has 23 heavy (non-hydrogen) atoms. The van der Waals surface area contributed by atoms with Gasteiger partial charge in [0.1, 0.15) is 5.75 Å². The van der Waals surface area contributed by atoms with Gasteiger partial charge < -0.3 is 26.8 Å². The molecule has 0 aliphatic rings. The molecule has 0 spiro atoms. The van der Waals surface area contributed by atoms with E-state index in [9.17, 15) is 14.4 Å². The molecule has 3 amide bonds. The van der Waals surface area contributed by atoms with Crippen LogP contribution in [0.25, 0.3) is 0 Å². The topological polar surface area (TPSA) is 137 Å².